The van der Waals surface area contributed by atoms with Gasteiger partial charge >= 0.3 is 0 Å². The average molecular weight is 327 g/mol. The first kappa shape index (κ1) is 14.6. The average Bonchev–Trinajstić information content (AvgIpc) is 2.82. The lowest BCUT2D eigenvalue weighted by atomic mass is 9.92. The smallest absolute Gasteiger partial charge is 0.268 e. The fraction of sp³-hybridized carbons (Fsp3) is 0.667. The Kier molecular flexibility index (Phi) is 4.39. The molecule has 0 aromatic carbocycles. The molecule has 1 atom stereocenters. The number of nitrogens with one attached hydrogen (secondary N) is 1. The molecular weight excluding hydrogens is 304 g/mol. The summed E-state index contributed by atoms with van der Waals surface area (Å²) in [4.78, 5) is 12.4. The Balaban J connectivity index is 2.04. The van der Waals surface area contributed by atoms with Gasteiger partial charge in [0, 0.05) is 23.3 Å². The summed E-state index contributed by atoms with van der Waals surface area (Å²) in [5, 5.41) is 3.18. The molecular formula is C15H23BrN2O. The first-order valence-electron chi connectivity index (χ1n) is 7.08. The van der Waals surface area contributed by atoms with Crippen LogP contribution >= 0.6 is 15.9 Å². The summed E-state index contributed by atoms with van der Waals surface area (Å²) in [6.45, 7) is 7.55. The third kappa shape index (κ3) is 3.62. The van der Waals surface area contributed by atoms with Crippen molar-refractivity contribution in [3.8, 4) is 0 Å². The molecule has 0 saturated heterocycles. The molecule has 1 heterocycles. The number of carbonyl (C=O) groups excluding carboxylic acids is 1. The molecule has 2 rings (SSSR count). The quantitative estimate of drug-likeness (QED) is 0.892. The number of hydrogen-bond acceptors (Lipinski definition) is 1. The summed E-state index contributed by atoms with van der Waals surface area (Å²) in [6.07, 6.45) is 6.37. The molecule has 0 radical (unpaired) electrons. The lowest BCUT2D eigenvalue weighted by Crippen LogP contribution is -2.34. The van der Waals surface area contributed by atoms with Crippen molar-refractivity contribution in [1.82, 2.24) is 9.88 Å². The Morgan fingerprint density at radius 3 is 2.89 bits per heavy atom. The van der Waals surface area contributed by atoms with Crippen LogP contribution in [0.4, 0.5) is 0 Å². The standard InChI is InChI=1S/C15H23BrN2O/c1-4-7-18-10-11(16)8-13(18)14(19)17-12-5-6-15(2,3)9-12/h8,10,12H,4-7,9H2,1-3H3,(H,17,19). The summed E-state index contributed by atoms with van der Waals surface area (Å²) >= 11 is 3.45. The van der Waals surface area contributed by atoms with Crippen molar-refractivity contribution in [2.24, 2.45) is 5.41 Å². The molecule has 1 aromatic rings. The van der Waals surface area contributed by atoms with E-state index in [1.165, 1.54) is 6.42 Å². The molecule has 1 N–H and O–H groups in total. The van der Waals surface area contributed by atoms with Crippen LogP contribution in [0.5, 0.6) is 0 Å². The van der Waals surface area contributed by atoms with Crippen molar-refractivity contribution in [3.63, 3.8) is 0 Å². The van der Waals surface area contributed by atoms with Gasteiger partial charge in [-0.3, -0.25) is 4.79 Å². The maximum absolute atomic E-state index is 12.4. The predicted molar refractivity (Wildman–Crippen MR) is 81.3 cm³/mol. The van der Waals surface area contributed by atoms with E-state index in [0.29, 0.717) is 11.5 Å². The summed E-state index contributed by atoms with van der Waals surface area (Å²) < 4.78 is 3.00. The van der Waals surface area contributed by atoms with Crippen LogP contribution in [-0.2, 0) is 6.54 Å². The first-order chi connectivity index (χ1) is 8.91. The van der Waals surface area contributed by atoms with Crippen LogP contribution in [0.2, 0.25) is 0 Å². The van der Waals surface area contributed by atoms with Gasteiger partial charge in [-0.15, -0.1) is 0 Å². The maximum atomic E-state index is 12.4. The number of hydrogen-bond donors (Lipinski definition) is 1. The van der Waals surface area contributed by atoms with Crippen LogP contribution in [0, 0.1) is 5.41 Å². The second kappa shape index (κ2) is 5.70. The Hall–Kier alpha value is -0.770. The molecule has 0 aliphatic heterocycles. The van der Waals surface area contributed by atoms with Crippen LogP contribution in [0.15, 0.2) is 16.7 Å². The Morgan fingerprint density at radius 1 is 1.58 bits per heavy atom. The van der Waals surface area contributed by atoms with Crippen LogP contribution in [0.1, 0.15) is 56.9 Å². The number of rotatable bonds is 4. The highest BCUT2D eigenvalue weighted by atomic mass is 79.9. The van der Waals surface area contributed by atoms with Crippen LogP contribution in [0.25, 0.3) is 0 Å². The summed E-state index contributed by atoms with van der Waals surface area (Å²) in [6, 6.07) is 2.23. The zero-order valence-electron chi connectivity index (χ0n) is 12.0. The number of carbonyl (C=O) groups is 1. The number of aromatic nitrogens is 1. The molecule has 0 bridgehead atoms. The van der Waals surface area contributed by atoms with Crippen molar-refractivity contribution < 1.29 is 4.79 Å². The van der Waals surface area contributed by atoms with Crippen LogP contribution in [0.3, 0.4) is 0 Å². The zero-order chi connectivity index (χ0) is 14.0. The van der Waals surface area contributed by atoms with E-state index in [4.69, 9.17) is 0 Å². The summed E-state index contributed by atoms with van der Waals surface area (Å²) in [5.41, 5.74) is 1.13. The lowest BCUT2D eigenvalue weighted by molar-refractivity contribution is 0.0926. The molecule has 0 spiro atoms. The molecule has 3 nitrogen and oxygen atoms in total. The fourth-order valence-electron chi connectivity index (χ4n) is 2.91. The Bertz CT molecular complexity index is 465. The van der Waals surface area contributed by atoms with Crippen LogP contribution in [-0.4, -0.2) is 16.5 Å². The largest absolute Gasteiger partial charge is 0.348 e. The van der Waals surface area contributed by atoms with Crippen molar-refractivity contribution in [3.05, 3.63) is 22.4 Å². The Labute approximate surface area is 123 Å². The molecule has 19 heavy (non-hydrogen) atoms. The highest BCUT2D eigenvalue weighted by Crippen LogP contribution is 2.37. The molecule has 1 amide bonds. The third-order valence-corrected chi connectivity index (χ3v) is 4.30. The van der Waals surface area contributed by atoms with Gasteiger partial charge in [-0.25, -0.2) is 0 Å². The number of amides is 1. The second-order valence-electron chi connectivity index (χ2n) is 6.31. The van der Waals surface area contributed by atoms with E-state index in [1.54, 1.807) is 0 Å². The molecule has 1 aliphatic carbocycles. The van der Waals surface area contributed by atoms with Crippen molar-refractivity contribution >= 4 is 21.8 Å². The molecule has 1 aliphatic rings. The minimum Gasteiger partial charge on any atom is -0.348 e. The highest BCUT2D eigenvalue weighted by molar-refractivity contribution is 9.10. The number of nitrogens with zero attached hydrogens (tertiary/aromatic N) is 1. The molecule has 4 heteroatoms. The van der Waals surface area contributed by atoms with Gasteiger partial charge in [0.1, 0.15) is 5.69 Å². The van der Waals surface area contributed by atoms with Crippen molar-refractivity contribution in [1.29, 1.82) is 0 Å². The fourth-order valence-corrected chi connectivity index (χ4v) is 3.37. The van der Waals surface area contributed by atoms with Gasteiger partial charge in [0.2, 0.25) is 0 Å². The molecule has 1 unspecified atom stereocenters. The highest BCUT2D eigenvalue weighted by Gasteiger charge is 2.32. The van der Waals surface area contributed by atoms with Crippen LogP contribution < -0.4 is 5.32 Å². The van der Waals surface area contributed by atoms with E-state index in [1.807, 2.05) is 16.8 Å². The SMILES string of the molecule is CCCn1cc(Br)cc1C(=O)NC1CCC(C)(C)C1. The molecule has 1 aromatic heterocycles. The van der Waals surface area contributed by atoms with Gasteiger partial charge in [-0.1, -0.05) is 20.8 Å². The molecule has 1 fully saturated rings. The van der Waals surface area contributed by atoms with E-state index in [2.05, 4.69) is 42.0 Å². The second-order valence-corrected chi connectivity index (χ2v) is 7.23. The van der Waals surface area contributed by atoms with E-state index in [-0.39, 0.29) is 5.91 Å². The molecule has 106 valence electrons. The van der Waals surface area contributed by atoms with Gasteiger partial charge in [-0.05, 0) is 53.1 Å². The normalized spacial score (nSPS) is 21.6. The topological polar surface area (TPSA) is 34.0 Å². The molecule has 1 saturated carbocycles. The van der Waals surface area contributed by atoms with Gasteiger partial charge in [0.05, 0.1) is 0 Å². The van der Waals surface area contributed by atoms with E-state index in [9.17, 15) is 4.79 Å². The van der Waals surface area contributed by atoms with E-state index >= 15 is 0 Å². The number of aryl methyl sites for hydroxylation is 1. The van der Waals surface area contributed by atoms with Gasteiger partial charge in [0.25, 0.3) is 5.91 Å². The predicted octanol–water partition coefficient (Wildman–Crippen LogP) is 3.97. The summed E-state index contributed by atoms with van der Waals surface area (Å²) in [7, 11) is 0. The van der Waals surface area contributed by atoms with E-state index < -0.39 is 0 Å². The lowest BCUT2D eigenvalue weighted by Gasteiger charge is -2.18. The Morgan fingerprint density at radius 2 is 2.32 bits per heavy atom. The minimum absolute atomic E-state index is 0.0573. The van der Waals surface area contributed by atoms with Gasteiger partial charge in [-0.2, -0.15) is 0 Å². The van der Waals surface area contributed by atoms with E-state index in [0.717, 1.165) is 36.0 Å². The third-order valence-electron chi connectivity index (χ3n) is 3.86. The summed E-state index contributed by atoms with van der Waals surface area (Å²) in [5.74, 6) is 0.0573. The number of halogens is 1. The van der Waals surface area contributed by atoms with Gasteiger partial charge in [0.15, 0.2) is 0 Å². The zero-order valence-corrected chi connectivity index (χ0v) is 13.6. The van der Waals surface area contributed by atoms with Crippen molar-refractivity contribution in [2.75, 3.05) is 0 Å². The maximum Gasteiger partial charge on any atom is 0.268 e. The minimum atomic E-state index is 0.0573. The monoisotopic (exact) mass is 326 g/mol. The van der Waals surface area contributed by atoms with Gasteiger partial charge < -0.3 is 9.88 Å². The van der Waals surface area contributed by atoms with Crippen molar-refractivity contribution in [2.45, 2.75) is 59.0 Å². The first-order valence-corrected chi connectivity index (χ1v) is 7.87.